The number of rotatable bonds is 8. The molecular formula is C48H60SiZr. The van der Waals surface area contributed by atoms with E-state index < -0.39 is 28.3 Å². The molecule has 4 aromatic rings. The van der Waals surface area contributed by atoms with Crippen LogP contribution in [0.1, 0.15) is 158 Å². The Morgan fingerprint density at radius 2 is 0.880 bits per heavy atom. The quantitative estimate of drug-likeness (QED) is 0.157. The van der Waals surface area contributed by atoms with Gasteiger partial charge in [-0.2, -0.15) is 0 Å². The summed E-state index contributed by atoms with van der Waals surface area (Å²) in [6, 6.07) is 34.7. The Bertz CT molecular complexity index is 1860. The summed E-state index contributed by atoms with van der Waals surface area (Å²) in [6.07, 6.45) is 2.26. The van der Waals surface area contributed by atoms with E-state index in [9.17, 15) is 0 Å². The first-order valence-electron chi connectivity index (χ1n) is 19.8. The second-order valence-corrected chi connectivity index (χ2v) is 32.9. The van der Waals surface area contributed by atoms with Gasteiger partial charge in [-0.05, 0) is 0 Å². The van der Waals surface area contributed by atoms with Gasteiger partial charge in [0.05, 0.1) is 0 Å². The molecule has 0 fully saturated rings. The van der Waals surface area contributed by atoms with Crippen molar-refractivity contribution in [3.8, 4) is 0 Å². The molecule has 0 spiro atoms. The van der Waals surface area contributed by atoms with Crippen LogP contribution in [0.2, 0.25) is 9.26 Å². The van der Waals surface area contributed by atoms with E-state index in [0.717, 1.165) is 12.8 Å². The van der Waals surface area contributed by atoms with E-state index in [1.54, 1.807) is 54.1 Å². The van der Waals surface area contributed by atoms with Crippen molar-refractivity contribution in [2.45, 2.75) is 122 Å². The van der Waals surface area contributed by atoms with Crippen LogP contribution >= 0.6 is 0 Å². The molecule has 1 heterocycles. The zero-order chi connectivity index (χ0) is 35.9. The molecule has 50 heavy (non-hydrogen) atoms. The third-order valence-electron chi connectivity index (χ3n) is 12.9. The average Bonchev–Trinajstić information content (AvgIpc) is 3.63. The molecule has 4 aromatic carbocycles. The molecule has 4 bridgehead atoms. The van der Waals surface area contributed by atoms with Crippen molar-refractivity contribution in [1.29, 1.82) is 0 Å². The number of hydrogen-bond acceptors (Lipinski definition) is 0. The fourth-order valence-corrected chi connectivity index (χ4v) is 29.5. The topological polar surface area (TPSA) is 0 Å². The first-order chi connectivity index (χ1) is 23.8. The first-order valence-corrected chi connectivity index (χ1v) is 29.5. The summed E-state index contributed by atoms with van der Waals surface area (Å²) in [5, 5.41) is 6.67. The van der Waals surface area contributed by atoms with Gasteiger partial charge in [-0.1, -0.05) is 0 Å². The van der Waals surface area contributed by atoms with Crippen LogP contribution in [0.5, 0.6) is 0 Å². The minimum atomic E-state index is -3.18. The zero-order valence-corrected chi connectivity index (χ0v) is 36.4. The second kappa shape index (κ2) is 13.1. The third-order valence-corrected chi connectivity index (χ3v) is 28.5. The van der Waals surface area contributed by atoms with Crippen LogP contribution in [0.25, 0.3) is 10.4 Å². The third kappa shape index (κ3) is 5.05. The summed E-state index contributed by atoms with van der Waals surface area (Å²) < 4.78 is 6.86. The Balaban J connectivity index is 1.81. The fraction of sp³-hybridized carbons (Fsp3) is 0.417. The molecule has 0 radical (unpaired) electrons. The molecule has 0 N–H and O–H groups in total. The average molecular weight is 756 g/mol. The van der Waals surface area contributed by atoms with E-state index in [-0.39, 0.29) is 0 Å². The molecule has 0 amide bonds. The monoisotopic (exact) mass is 754 g/mol. The molecule has 3 aliphatic rings. The first kappa shape index (κ1) is 35.8. The predicted molar refractivity (Wildman–Crippen MR) is 219 cm³/mol. The van der Waals surface area contributed by atoms with Gasteiger partial charge in [-0.25, -0.2) is 0 Å². The van der Waals surface area contributed by atoms with Gasteiger partial charge < -0.3 is 0 Å². The van der Waals surface area contributed by atoms with Crippen LogP contribution in [0.4, 0.5) is 0 Å². The summed E-state index contributed by atoms with van der Waals surface area (Å²) in [7, 11) is -2.88. The van der Waals surface area contributed by atoms with Gasteiger partial charge in [-0.3, -0.25) is 0 Å². The molecule has 0 nitrogen and oxygen atoms in total. The van der Waals surface area contributed by atoms with Crippen molar-refractivity contribution in [3.63, 3.8) is 0 Å². The van der Waals surface area contributed by atoms with Crippen LogP contribution in [-0.2, 0) is 20.3 Å². The van der Waals surface area contributed by atoms with Crippen molar-refractivity contribution < 1.29 is 20.3 Å². The Labute approximate surface area is 309 Å². The maximum atomic E-state index is 2.86. The van der Waals surface area contributed by atoms with Crippen LogP contribution in [0.15, 0.2) is 96.1 Å². The van der Waals surface area contributed by atoms with Crippen LogP contribution in [-0.4, -0.2) is 8.07 Å². The number of allylic oxidation sites excluding steroid dienone is 2. The molecule has 260 valence electrons. The van der Waals surface area contributed by atoms with Gasteiger partial charge in [-0.15, -0.1) is 0 Å². The molecular weight excluding hydrogens is 696 g/mol. The number of hydrogen-bond donors (Lipinski definition) is 0. The molecule has 0 saturated carbocycles. The summed E-state index contributed by atoms with van der Waals surface area (Å²) >= 11 is -3.18. The van der Waals surface area contributed by atoms with Crippen molar-refractivity contribution in [2.24, 2.45) is 0 Å². The van der Waals surface area contributed by atoms with Gasteiger partial charge in [0.2, 0.25) is 0 Å². The van der Waals surface area contributed by atoms with E-state index in [1.807, 2.05) is 11.1 Å². The Morgan fingerprint density at radius 1 is 0.520 bits per heavy atom. The van der Waals surface area contributed by atoms with Crippen molar-refractivity contribution >= 4 is 28.8 Å². The molecule has 2 aliphatic carbocycles. The van der Waals surface area contributed by atoms with Gasteiger partial charge in [0, 0.05) is 0 Å². The SMILES string of the molecule is CCC1=C2c3c(C(C)C)cc(C(C)C)cc3[CH]1[Zr]([CH3])([CH3])[CH]1C(CC)=C(c3c(C(C)C)cc(C(C)C)cc31)[Si]2(c1ccccc1)c1ccccc1. The van der Waals surface area contributed by atoms with Gasteiger partial charge >= 0.3 is 312 Å². The molecule has 2 atom stereocenters. The van der Waals surface area contributed by atoms with Gasteiger partial charge in [0.1, 0.15) is 0 Å². The normalized spacial score (nSPS) is 20.2. The summed E-state index contributed by atoms with van der Waals surface area (Å²) in [5.41, 5.74) is 16.6. The van der Waals surface area contributed by atoms with Gasteiger partial charge in [0.25, 0.3) is 0 Å². The molecule has 0 aromatic heterocycles. The summed E-state index contributed by atoms with van der Waals surface area (Å²) in [4.78, 5) is 0. The summed E-state index contributed by atoms with van der Waals surface area (Å²) in [6.45, 7) is 24.5. The Hall–Kier alpha value is -2.54. The van der Waals surface area contributed by atoms with E-state index in [0.29, 0.717) is 30.9 Å². The molecule has 7 rings (SSSR count). The molecule has 2 unspecified atom stereocenters. The second-order valence-electron chi connectivity index (χ2n) is 17.4. The van der Waals surface area contributed by atoms with E-state index in [4.69, 9.17) is 0 Å². The Kier molecular flexibility index (Phi) is 9.42. The van der Waals surface area contributed by atoms with Crippen molar-refractivity contribution in [3.05, 3.63) is 141 Å². The number of fused-ring (bicyclic) bond motifs is 8. The summed E-state index contributed by atoms with van der Waals surface area (Å²) in [5.74, 6) is 1.92. The van der Waals surface area contributed by atoms with Gasteiger partial charge in [0.15, 0.2) is 0 Å². The van der Waals surface area contributed by atoms with Crippen LogP contribution < -0.4 is 10.4 Å². The maximum absolute atomic E-state index is 3.18. The molecule has 2 heteroatoms. The molecule has 1 aliphatic heterocycles. The number of benzene rings is 4. The van der Waals surface area contributed by atoms with Crippen LogP contribution in [0, 0.1) is 0 Å². The van der Waals surface area contributed by atoms with E-state index >= 15 is 0 Å². The van der Waals surface area contributed by atoms with Crippen molar-refractivity contribution in [2.75, 3.05) is 0 Å². The van der Waals surface area contributed by atoms with E-state index in [1.165, 1.54) is 11.1 Å². The zero-order valence-electron chi connectivity index (χ0n) is 33.0. The predicted octanol–water partition coefficient (Wildman–Crippen LogP) is 12.9. The molecule has 0 saturated heterocycles. The van der Waals surface area contributed by atoms with Crippen molar-refractivity contribution in [1.82, 2.24) is 0 Å². The standard InChI is InChI=1S/C46H54Si.2CH3.Zr/c1-11-33-23-37-25-35(29(3)4)27-41(31(7)8)43(37)45(33)47(39-19-15-13-16-20-39,40-21-17-14-18-22-40)46-34(12-2)24-38-26-36(30(5)6)28-42(32(9)10)44(38)46;;;/h13-32H,11-12H2,1-10H3;2*1H3;. The van der Waals surface area contributed by atoms with E-state index in [2.05, 4.69) is 163 Å². The van der Waals surface area contributed by atoms with Crippen LogP contribution in [0.3, 0.4) is 0 Å². The Morgan fingerprint density at radius 3 is 1.18 bits per heavy atom. The minimum absolute atomic E-state index is 0.454. The fourth-order valence-electron chi connectivity index (χ4n) is 10.7.